The third-order valence-corrected chi connectivity index (χ3v) is 6.52. The summed E-state index contributed by atoms with van der Waals surface area (Å²) in [5.41, 5.74) is 6.10. The van der Waals surface area contributed by atoms with Crippen molar-refractivity contribution in [3.8, 4) is 0 Å². The lowest BCUT2D eigenvalue weighted by Gasteiger charge is -2.15. The number of hydrogen-bond donors (Lipinski definition) is 2. The van der Waals surface area contributed by atoms with Gasteiger partial charge in [0.05, 0.1) is 11.4 Å². The Morgan fingerprint density at radius 3 is 2.31 bits per heavy atom. The number of aryl methyl sites for hydroxylation is 1. The highest BCUT2D eigenvalue weighted by atomic mass is 79.9. The van der Waals surface area contributed by atoms with Crippen LogP contribution in [0, 0.1) is 0 Å². The number of carboxylic acid groups (broad SMARTS) is 1. The average molecular weight is 534 g/mol. The number of nitrogens with one attached hydrogen (secondary N) is 1. The molecule has 1 amide bonds. The second-order valence-electron chi connectivity index (χ2n) is 8.96. The quantitative estimate of drug-likeness (QED) is 0.359. The molecule has 1 aliphatic heterocycles. The minimum atomic E-state index is -0.823. The molecular weight excluding hydrogens is 506 g/mol. The van der Waals surface area contributed by atoms with Crippen molar-refractivity contribution in [3.05, 3.63) is 93.5 Å². The first-order chi connectivity index (χ1) is 16.8. The number of rotatable bonds is 9. The van der Waals surface area contributed by atoms with E-state index in [1.165, 1.54) is 5.56 Å². The van der Waals surface area contributed by atoms with Gasteiger partial charge < -0.3 is 15.3 Å². The molecule has 35 heavy (non-hydrogen) atoms. The van der Waals surface area contributed by atoms with Crippen LogP contribution in [0.2, 0.25) is 0 Å². The first-order valence-corrected chi connectivity index (χ1v) is 12.3. The fraction of sp³-hybridized carbons (Fsp3) is 0.250. The largest absolute Gasteiger partial charge is 0.481 e. The number of hydrogen-bond acceptors (Lipinski definition) is 4. The zero-order chi connectivity index (χ0) is 24.9. The zero-order valence-electron chi connectivity index (χ0n) is 19.8. The number of benzene rings is 3. The van der Waals surface area contributed by atoms with E-state index in [0.717, 1.165) is 45.5 Å². The Labute approximate surface area is 213 Å². The van der Waals surface area contributed by atoms with Crippen LogP contribution < -0.4 is 5.32 Å². The molecule has 1 aliphatic rings. The molecule has 0 spiro atoms. The lowest BCUT2D eigenvalue weighted by atomic mass is 9.90. The van der Waals surface area contributed by atoms with Crippen molar-refractivity contribution < 1.29 is 14.7 Å². The highest BCUT2D eigenvalue weighted by Crippen LogP contribution is 2.37. The molecule has 0 aliphatic carbocycles. The topological polar surface area (TPSA) is 82.0 Å². The smallest absolute Gasteiger partial charge is 0.303 e. The maximum Gasteiger partial charge on any atom is 0.303 e. The number of anilines is 1. The molecule has 0 aromatic heterocycles. The van der Waals surface area contributed by atoms with Gasteiger partial charge >= 0.3 is 5.97 Å². The standard InChI is InChI=1S/C28H28BrN3O3/c1-32(2)16-15-19-5-11-22(12-6-19)30-27(20-8-3-18(4-9-20)7-14-25(33)34)26-23-13-10-21(29)17-24(23)31-28(26)35/h3-6,8-13,17,26H,7,14-16H2,1-2H3,(H,31,35)(H,33,34). The van der Waals surface area contributed by atoms with Crippen LogP contribution in [0.4, 0.5) is 11.4 Å². The van der Waals surface area contributed by atoms with Crippen molar-refractivity contribution in [2.24, 2.45) is 4.99 Å². The molecule has 0 bridgehead atoms. The summed E-state index contributed by atoms with van der Waals surface area (Å²) in [7, 11) is 4.11. The normalized spacial score (nSPS) is 15.3. The minimum Gasteiger partial charge on any atom is -0.481 e. The van der Waals surface area contributed by atoms with E-state index in [1.807, 2.05) is 54.6 Å². The van der Waals surface area contributed by atoms with E-state index < -0.39 is 11.9 Å². The van der Waals surface area contributed by atoms with E-state index in [0.29, 0.717) is 12.1 Å². The van der Waals surface area contributed by atoms with E-state index in [4.69, 9.17) is 10.1 Å². The third kappa shape index (κ3) is 6.24. The molecular formula is C28H28BrN3O3. The molecule has 1 unspecified atom stereocenters. The second kappa shape index (κ2) is 11.0. The number of carboxylic acids is 1. The van der Waals surface area contributed by atoms with Crippen LogP contribution >= 0.6 is 15.9 Å². The first-order valence-electron chi connectivity index (χ1n) is 11.5. The third-order valence-electron chi connectivity index (χ3n) is 6.03. The van der Waals surface area contributed by atoms with Gasteiger partial charge in [0.2, 0.25) is 5.91 Å². The summed E-state index contributed by atoms with van der Waals surface area (Å²) in [4.78, 5) is 31.2. The van der Waals surface area contributed by atoms with Crippen molar-refractivity contribution in [2.45, 2.75) is 25.2 Å². The maximum atomic E-state index is 13.1. The summed E-state index contributed by atoms with van der Waals surface area (Å²) in [5, 5.41) is 12.0. The Bertz CT molecular complexity index is 1250. The SMILES string of the molecule is CN(C)CCc1ccc(N=C(c2ccc(CCC(=O)O)cc2)C2C(=O)Nc3cc(Br)ccc32)cc1. The summed E-state index contributed by atoms with van der Waals surface area (Å²) >= 11 is 3.48. The van der Waals surface area contributed by atoms with Crippen LogP contribution in [0.25, 0.3) is 0 Å². The van der Waals surface area contributed by atoms with Crippen LogP contribution in [0.1, 0.15) is 34.6 Å². The van der Waals surface area contributed by atoms with Gasteiger partial charge in [0.25, 0.3) is 0 Å². The van der Waals surface area contributed by atoms with Crippen LogP contribution in [0.15, 0.2) is 76.2 Å². The predicted octanol–water partition coefficient (Wildman–Crippen LogP) is 5.43. The second-order valence-corrected chi connectivity index (χ2v) is 9.88. The van der Waals surface area contributed by atoms with E-state index in [1.54, 1.807) is 0 Å². The van der Waals surface area contributed by atoms with Gasteiger partial charge in [0, 0.05) is 23.1 Å². The number of nitrogens with zero attached hydrogens (tertiary/aromatic N) is 2. The molecule has 3 aromatic carbocycles. The van der Waals surface area contributed by atoms with E-state index in [-0.39, 0.29) is 12.3 Å². The lowest BCUT2D eigenvalue weighted by Crippen LogP contribution is -2.22. The van der Waals surface area contributed by atoms with Crippen LogP contribution in [-0.2, 0) is 22.4 Å². The van der Waals surface area contributed by atoms with Gasteiger partial charge in [-0.05, 0) is 73.5 Å². The number of aliphatic imine (C=N–C) groups is 1. The number of carbonyl (C=O) groups excluding carboxylic acids is 1. The van der Waals surface area contributed by atoms with Gasteiger partial charge in [-0.15, -0.1) is 0 Å². The molecule has 0 saturated heterocycles. The minimum absolute atomic E-state index is 0.0771. The lowest BCUT2D eigenvalue weighted by molar-refractivity contribution is -0.137. The van der Waals surface area contributed by atoms with Crippen LogP contribution in [-0.4, -0.2) is 48.2 Å². The number of halogens is 1. The summed E-state index contributed by atoms with van der Waals surface area (Å²) in [6, 6.07) is 21.6. The molecule has 3 aromatic rings. The molecule has 180 valence electrons. The molecule has 6 nitrogen and oxygen atoms in total. The Morgan fingerprint density at radius 2 is 1.66 bits per heavy atom. The van der Waals surface area contributed by atoms with Crippen LogP contribution in [0.3, 0.4) is 0 Å². The molecule has 1 heterocycles. The summed E-state index contributed by atoms with van der Waals surface area (Å²) in [5.74, 6) is -1.48. The summed E-state index contributed by atoms with van der Waals surface area (Å²) < 4.78 is 0.895. The Hall–Kier alpha value is -3.29. The van der Waals surface area contributed by atoms with Crippen molar-refractivity contribution in [2.75, 3.05) is 26.0 Å². The summed E-state index contributed by atoms with van der Waals surface area (Å²) in [6.45, 7) is 0.969. The average Bonchev–Trinajstić information content (AvgIpc) is 3.15. The number of carbonyl (C=O) groups is 2. The Morgan fingerprint density at radius 1 is 1.00 bits per heavy atom. The summed E-state index contributed by atoms with van der Waals surface area (Å²) in [6.07, 6.45) is 1.49. The van der Waals surface area contributed by atoms with Crippen molar-refractivity contribution in [1.82, 2.24) is 4.90 Å². The molecule has 0 fully saturated rings. The molecule has 0 radical (unpaired) electrons. The van der Waals surface area contributed by atoms with Gasteiger partial charge in [-0.1, -0.05) is 58.4 Å². The number of likely N-dealkylation sites (N-methyl/N-ethyl adjacent to an activating group) is 1. The number of aliphatic carboxylic acids is 1. The Kier molecular flexibility index (Phi) is 7.78. The van der Waals surface area contributed by atoms with Crippen molar-refractivity contribution in [1.29, 1.82) is 0 Å². The van der Waals surface area contributed by atoms with E-state index >= 15 is 0 Å². The first kappa shape index (κ1) is 24.8. The van der Waals surface area contributed by atoms with E-state index in [9.17, 15) is 9.59 Å². The molecule has 2 N–H and O–H groups in total. The fourth-order valence-electron chi connectivity index (χ4n) is 4.12. The molecule has 1 atom stereocenters. The van der Waals surface area contributed by atoms with Gasteiger partial charge in [-0.2, -0.15) is 0 Å². The zero-order valence-corrected chi connectivity index (χ0v) is 21.4. The van der Waals surface area contributed by atoms with E-state index in [2.05, 4.69) is 52.4 Å². The van der Waals surface area contributed by atoms with Gasteiger partial charge in [0.1, 0.15) is 5.92 Å². The van der Waals surface area contributed by atoms with Gasteiger partial charge in [0.15, 0.2) is 0 Å². The van der Waals surface area contributed by atoms with Gasteiger partial charge in [-0.25, -0.2) is 0 Å². The Balaban J connectivity index is 1.70. The molecule has 7 heteroatoms. The monoisotopic (exact) mass is 533 g/mol. The maximum absolute atomic E-state index is 13.1. The predicted molar refractivity (Wildman–Crippen MR) is 143 cm³/mol. The van der Waals surface area contributed by atoms with Gasteiger partial charge in [-0.3, -0.25) is 14.6 Å². The number of amides is 1. The van der Waals surface area contributed by atoms with Crippen molar-refractivity contribution >= 4 is 44.9 Å². The van der Waals surface area contributed by atoms with Crippen LogP contribution in [0.5, 0.6) is 0 Å². The fourth-order valence-corrected chi connectivity index (χ4v) is 4.49. The number of fused-ring (bicyclic) bond motifs is 1. The molecule has 0 saturated carbocycles. The van der Waals surface area contributed by atoms with Crippen molar-refractivity contribution in [3.63, 3.8) is 0 Å². The molecule has 4 rings (SSSR count). The highest BCUT2D eigenvalue weighted by molar-refractivity contribution is 9.10. The highest BCUT2D eigenvalue weighted by Gasteiger charge is 2.35.